The van der Waals surface area contributed by atoms with E-state index in [0.29, 0.717) is 0 Å². The van der Waals surface area contributed by atoms with Crippen LogP contribution in [0.3, 0.4) is 0 Å². The summed E-state index contributed by atoms with van der Waals surface area (Å²) >= 11 is 0. The Morgan fingerprint density at radius 1 is 1.00 bits per heavy atom. The molecule has 0 bridgehead atoms. The van der Waals surface area contributed by atoms with Crippen molar-refractivity contribution in [2.24, 2.45) is 0 Å². The summed E-state index contributed by atoms with van der Waals surface area (Å²) in [5, 5.41) is 0. The van der Waals surface area contributed by atoms with Crippen molar-refractivity contribution in [3.63, 3.8) is 0 Å². The van der Waals surface area contributed by atoms with Crippen molar-refractivity contribution < 1.29 is 0 Å². The molecule has 0 unspecified atom stereocenters. The molecule has 0 aliphatic rings. The molecule has 20 heavy (non-hydrogen) atoms. The van der Waals surface area contributed by atoms with Gasteiger partial charge in [-0.15, -0.1) is 0 Å². The fourth-order valence-corrected chi connectivity index (χ4v) is 2.51. The third-order valence-electron chi connectivity index (χ3n) is 3.55. The molecule has 0 amide bonds. The van der Waals surface area contributed by atoms with Crippen LogP contribution in [-0.2, 0) is 13.1 Å². The van der Waals surface area contributed by atoms with Crippen LogP contribution in [0.1, 0.15) is 30.0 Å². The molecule has 0 aliphatic carbocycles. The van der Waals surface area contributed by atoms with Crippen LogP contribution >= 0.6 is 0 Å². The number of rotatable bonds is 6. The van der Waals surface area contributed by atoms with Crippen molar-refractivity contribution in [3.05, 3.63) is 65.2 Å². The normalized spacial score (nSPS) is 10.9. The van der Waals surface area contributed by atoms with E-state index in [2.05, 4.69) is 55.1 Å². The van der Waals surface area contributed by atoms with E-state index in [-0.39, 0.29) is 0 Å². The van der Waals surface area contributed by atoms with E-state index in [1.165, 1.54) is 16.7 Å². The lowest BCUT2D eigenvalue weighted by molar-refractivity contribution is 0.257. The van der Waals surface area contributed by atoms with Gasteiger partial charge in [-0.25, -0.2) is 0 Å². The SMILES string of the molecule is CCCN(Cc1cccc(N)c1)Cc1ccccc1C. The highest BCUT2D eigenvalue weighted by molar-refractivity contribution is 5.40. The third kappa shape index (κ3) is 4.10. The van der Waals surface area contributed by atoms with Crippen LogP contribution in [0.2, 0.25) is 0 Å². The lowest BCUT2D eigenvalue weighted by atomic mass is 10.1. The van der Waals surface area contributed by atoms with Crippen molar-refractivity contribution in [2.45, 2.75) is 33.4 Å². The van der Waals surface area contributed by atoms with Crippen LogP contribution in [-0.4, -0.2) is 11.4 Å². The first-order valence-corrected chi connectivity index (χ1v) is 7.30. The van der Waals surface area contributed by atoms with Gasteiger partial charge in [-0.2, -0.15) is 0 Å². The van der Waals surface area contributed by atoms with Crippen LogP contribution in [0, 0.1) is 6.92 Å². The highest BCUT2D eigenvalue weighted by Crippen LogP contribution is 2.15. The smallest absolute Gasteiger partial charge is 0.0317 e. The zero-order valence-electron chi connectivity index (χ0n) is 12.5. The average molecular weight is 268 g/mol. The molecule has 0 aromatic heterocycles. The summed E-state index contributed by atoms with van der Waals surface area (Å²) in [4.78, 5) is 2.48. The van der Waals surface area contributed by atoms with Crippen LogP contribution in [0.5, 0.6) is 0 Å². The molecule has 2 aromatic carbocycles. The summed E-state index contributed by atoms with van der Waals surface area (Å²) < 4.78 is 0. The number of benzene rings is 2. The second-order valence-electron chi connectivity index (χ2n) is 5.38. The molecule has 2 nitrogen and oxygen atoms in total. The van der Waals surface area contributed by atoms with Gasteiger partial charge >= 0.3 is 0 Å². The van der Waals surface area contributed by atoms with E-state index in [9.17, 15) is 0 Å². The summed E-state index contributed by atoms with van der Waals surface area (Å²) in [7, 11) is 0. The van der Waals surface area contributed by atoms with Gasteiger partial charge in [-0.05, 0) is 48.7 Å². The minimum atomic E-state index is 0.842. The largest absolute Gasteiger partial charge is 0.399 e. The van der Waals surface area contributed by atoms with Crippen molar-refractivity contribution in [1.82, 2.24) is 4.90 Å². The maximum Gasteiger partial charge on any atom is 0.0317 e. The van der Waals surface area contributed by atoms with E-state index in [1.807, 2.05) is 12.1 Å². The van der Waals surface area contributed by atoms with E-state index < -0.39 is 0 Å². The van der Waals surface area contributed by atoms with E-state index >= 15 is 0 Å². The fourth-order valence-electron chi connectivity index (χ4n) is 2.51. The van der Waals surface area contributed by atoms with Gasteiger partial charge in [0, 0.05) is 18.8 Å². The van der Waals surface area contributed by atoms with Gasteiger partial charge in [-0.1, -0.05) is 43.3 Å². The molecule has 0 saturated carbocycles. The van der Waals surface area contributed by atoms with Crippen LogP contribution in [0.25, 0.3) is 0 Å². The Morgan fingerprint density at radius 3 is 2.50 bits per heavy atom. The van der Waals surface area contributed by atoms with Gasteiger partial charge in [0.2, 0.25) is 0 Å². The highest BCUT2D eigenvalue weighted by Gasteiger charge is 2.08. The van der Waals surface area contributed by atoms with Gasteiger partial charge in [0.1, 0.15) is 0 Å². The minimum absolute atomic E-state index is 0.842. The fraction of sp³-hybridized carbons (Fsp3) is 0.333. The zero-order valence-corrected chi connectivity index (χ0v) is 12.5. The van der Waals surface area contributed by atoms with Crippen molar-refractivity contribution in [3.8, 4) is 0 Å². The molecule has 2 heteroatoms. The number of nitrogens with two attached hydrogens (primary N) is 1. The van der Waals surface area contributed by atoms with Gasteiger partial charge < -0.3 is 5.73 Å². The molecule has 0 saturated heterocycles. The molecule has 0 atom stereocenters. The lowest BCUT2D eigenvalue weighted by Crippen LogP contribution is -2.24. The van der Waals surface area contributed by atoms with Crippen LogP contribution in [0.15, 0.2) is 48.5 Å². The number of aryl methyl sites for hydroxylation is 1. The minimum Gasteiger partial charge on any atom is -0.399 e. The van der Waals surface area contributed by atoms with Gasteiger partial charge in [0.15, 0.2) is 0 Å². The molecular weight excluding hydrogens is 244 g/mol. The summed E-state index contributed by atoms with van der Waals surface area (Å²) in [5.74, 6) is 0. The standard InChI is InChI=1S/C18H24N2/c1-3-11-20(13-16-8-6-10-18(19)12-16)14-17-9-5-4-7-15(17)2/h4-10,12H,3,11,13-14,19H2,1-2H3. The highest BCUT2D eigenvalue weighted by atomic mass is 15.1. The van der Waals surface area contributed by atoms with Gasteiger partial charge in [-0.3, -0.25) is 4.90 Å². The Morgan fingerprint density at radius 2 is 1.80 bits per heavy atom. The van der Waals surface area contributed by atoms with E-state index in [1.54, 1.807) is 0 Å². The Labute approximate surface area is 122 Å². The predicted molar refractivity (Wildman–Crippen MR) is 86.4 cm³/mol. The molecule has 0 heterocycles. The summed E-state index contributed by atoms with van der Waals surface area (Å²) in [6.07, 6.45) is 1.16. The first-order valence-electron chi connectivity index (χ1n) is 7.30. The predicted octanol–water partition coefficient (Wildman–Crippen LogP) is 3.99. The number of anilines is 1. The second-order valence-corrected chi connectivity index (χ2v) is 5.38. The lowest BCUT2D eigenvalue weighted by Gasteiger charge is -2.23. The number of nitrogen functional groups attached to an aromatic ring is 1. The number of nitrogens with zero attached hydrogens (tertiary/aromatic N) is 1. The van der Waals surface area contributed by atoms with Crippen molar-refractivity contribution >= 4 is 5.69 Å². The van der Waals surface area contributed by atoms with E-state index in [4.69, 9.17) is 5.73 Å². The molecule has 0 radical (unpaired) electrons. The summed E-state index contributed by atoms with van der Waals surface area (Å²) in [5.41, 5.74) is 10.8. The first kappa shape index (κ1) is 14.6. The summed E-state index contributed by atoms with van der Waals surface area (Å²) in [6.45, 7) is 7.45. The Balaban J connectivity index is 2.09. The second kappa shape index (κ2) is 7.11. The molecule has 106 valence electrons. The van der Waals surface area contributed by atoms with Gasteiger partial charge in [0.05, 0.1) is 0 Å². The van der Waals surface area contributed by atoms with Crippen molar-refractivity contribution in [1.29, 1.82) is 0 Å². The molecule has 2 N–H and O–H groups in total. The molecule has 0 spiro atoms. The number of hydrogen-bond acceptors (Lipinski definition) is 2. The van der Waals surface area contributed by atoms with E-state index in [0.717, 1.165) is 31.7 Å². The Hall–Kier alpha value is -1.80. The van der Waals surface area contributed by atoms with Crippen LogP contribution < -0.4 is 5.73 Å². The van der Waals surface area contributed by atoms with Crippen molar-refractivity contribution in [2.75, 3.05) is 12.3 Å². The molecule has 2 aromatic rings. The quantitative estimate of drug-likeness (QED) is 0.803. The molecule has 2 rings (SSSR count). The average Bonchev–Trinajstić information content (AvgIpc) is 2.42. The maximum atomic E-state index is 5.87. The molecular formula is C18H24N2. The maximum absolute atomic E-state index is 5.87. The summed E-state index contributed by atoms with van der Waals surface area (Å²) in [6, 6.07) is 16.8. The Bertz CT molecular complexity index is 549. The van der Waals surface area contributed by atoms with Gasteiger partial charge in [0.25, 0.3) is 0 Å². The molecule has 0 aliphatic heterocycles. The third-order valence-corrected chi connectivity index (χ3v) is 3.55. The molecule has 0 fully saturated rings. The van der Waals surface area contributed by atoms with Crippen LogP contribution in [0.4, 0.5) is 5.69 Å². The Kier molecular flexibility index (Phi) is 5.19. The monoisotopic (exact) mass is 268 g/mol. The number of hydrogen-bond donors (Lipinski definition) is 1. The zero-order chi connectivity index (χ0) is 14.4. The first-order chi connectivity index (χ1) is 9.69. The topological polar surface area (TPSA) is 29.3 Å².